The van der Waals surface area contributed by atoms with Gasteiger partial charge in [0.25, 0.3) is 0 Å². The molecule has 1 aromatic rings. The molecule has 1 aliphatic carbocycles. The number of nitrogens with one attached hydrogen (secondary N) is 1. The highest BCUT2D eigenvalue weighted by atomic mass is 32.2. The summed E-state index contributed by atoms with van der Waals surface area (Å²) in [6.45, 7) is 3.57. The van der Waals surface area contributed by atoms with Crippen molar-refractivity contribution in [2.24, 2.45) is 0 Å². The van der Waals surface area contributed by atoms with Gasteiger partial charge in [0.1, 0.15) is 0 Å². The molecule has 0 amide bonds. The van der Waals surface area contributed by atoms with Crippen LogP contribution < -0.4 is 10.5 Å². The minimum Gasteiger partial charge on any atom is -0.398 e. The quantitative estimate of drug-likeness (QED) is 0.830. The van der Waals surface area contributed by atoms with Crippen LogP contribution in [0.25, 0.3) is 0 Å². The van der Waals surface area contributed by atoms with Crippen molar-refractivity contribution in [1.82, 2.24) is 4.72 Å². The van der Waals surface area contributed by atoms with Gasteiger partial charge in [0.15, 0.2) is 0 Å². The summed E-state index contributed by atoms with van der Waals surface area (Å²) < 4.78 is 33.0. The van der Waals surface area contributed by atoms with E-state index in [0.717, 1.165) is 24.8 Å². The van der Waals surface area contributed by atoms with Crippen molar-refractivity contribution >= 4 is 15.7 Å². The molecule has 0 spiro atoms. The topological polar surface area (TPSA) is 81.4 Å². The van der Waals surface area contributed by atoms with Crippen LogP contribution in [0.1, 0.15) is 30.4 Å². The second kappa shape index (κ2) is 5.71. The minimum atomic E-state index is -3.54. The molecule has 1 fully saturated rings. The Balaban J connectivity index is 2.23. The third-order valence-electron chi connectivity index (χ3n) is 3.87. The van der Waals surface area contributed by atoms with Crippen LogP contribution in [0.5, 0.6) is 0 Å². The number of methoxy groups -OCH3 is 1. The van der Waals surface area contributed by atoms with Crippen LogP contribution in [0.3, 0.4) is 0 Å². The van der Waals surface area contributed by atoms with Gasteiger partial charge < -0.3 is 10.5 Å². The number of hydrogen-bond donors (Lipinski definition) is 2. The standard InChI is InChI=1S/C14H22N2O3S/c1-9-6-13(15)10(2)14(7-9)20(17,18)16-11-4-5-12(8-11)19-3/h6-7,11-12,16H,4-5,8,15H2,1-3H3. The number of ether oxygens (including phenoxy) is 1. The van der Waals surface area contributed by atoms with E-state index in [2.05, 4.69) is 4.72 Å². The zero-order chi connectivity index (χ0) is 14.9. The predicted molar refractivity (Wildman–Crippen MR) is 79.1 cm³/mol. The van der Waals surface area contributed by atoms with Gasteiger partial charge in [0, 0.05) is 18.8 Å². The van der Waals surface area contributed by atoms with Gasteiger partial charge in [-0.05, 0) is 56.4 Å². The van der Waals surface area contributed by atoms with Crippen molar-refractivity contribution in [3.63, 3.8) is 0 Å². The second-order valence-corrected chi connectivity index (χ2v) is 7.15. The fraction of sp³-hybridized carbons (Fsp3) is 0.571. The van der Waals surface area contributed by atoms with Gasteiger partial charge in [-0.2, -0.15) is 0 Å². The summed E-state index contributed by atoms with van der Waals surface area (Å²) in [4.78, 5) is 0.274. The lowest BCUT2D eigenvalue weighted by molar-refractivity contribution is 0.107. The Bertz CT molecular complexity index is 599. The average Bonchev–Trinajstić information content (AvgIpc) is 2.80. The predicted octanol–water partition coefficient (Wildman–Crippen LogP) is 1.73. The summed E-state index contributed by atoms with van der Waals surface area (Å²) in [6, 6.07) is 3.38. The molecule has 2 atom stereocenters. The van der Waals surface area contributed by atoms with Crippen molar-refractivity contribution in [3.8, 4) is 0 Å². The molecule has 0 aliphatic heterocycles. The van der Waals surface area contributed by atoms with Crippen LogP contribution in [-0.2, 0) is 14.8 Å². The van der Waals surface area contributed by atoms with Crippen molar-refractivity contribution in [2.75, 3.05) is 12.8 Å². The first-order chi connectivity index (χ1) is 9.33. The number of hydrogen-bond acceptors (Lipinski definition) is 4. The molecular weight excluding hydrogens is 276 g/mol. The first-order valence-corrected chi connectivity index (χ1v) is 8.23. The first kappa shape index (κ1) is 15.3. The number of nitrogens with two attached hydrogens (primary N) is 1. The maximum Gasteiger partial charge on any atom is 0.241 e. The summed E-state index contributed by atoms with van der Waals surface area (Å²) in [5, 5.41) is 0. The molecule has 0 aromatic heterocycles. The van der Waals surface area contributed by atoms with Crippen LogP contribution in [0.2, 0.25) is 0 Å². The highest BCUT2D eigenvalue weighted by Crippen LogP contribution is 2.26. The van der Waals surface area contributed by atoms with Crippen LogP contribution in [0.4, 0.5) is 5.69 Å². The van der Waals surface area contributed by atoms with E-state index < -0.39 is 10.0 Å². The van der Waals surface area contributed by atoms with Gasteiger partial charge >= 0.3 is 0 Å². The monoisotopic (exact) mass is 298 g/mol. The lowest BCUT2D eigenvalue weighted by Gasteiger charge is -2.16. The van der Waals surface area contributed by atoms with E-state index >= 15 is 0 Å². The Morgan fingerprint density at radius 1 is 1.30 bits per heavy atom. The van der Waals surface area contributed by atoms with Crippen molar-refractivity contribution < 1.29 is 13.2 Å². The van der Waals surface area contributed by atoms with Gasteiger partial charge in [-0.1, -0.05) is 0 Å². The van der Waals surface area contributed by atoms with E-state index in [0.29, 0.717) is 11.3 Å². The molecule has 20 heavy (non-hydrogen) atoms. The molecule has 0 radical (unpaired) electrons. The van der Waals surface area contributed by atoms with Gasteiger partial charge in [-0.15, -0.1) is 0 Å². The molecule has 2 unspecified atom stereocenters. The van der Waals surface area contributed by atoms with Gasteiger partial charge in [0.2, 0.25) is 10.0 Å². The summed E-state index contributed by atoms with van der Waals surface area (Å²) in [7, 11) is -1.88. The molecule has 2 rings (SSSR count). The fourth-order valence-electron chi connectivity index (χ4n) is 2.68. The summed E-state index contributed by atoms with van der Waals surface area (Å²) in [5.74, 6) is 0. The maximum absolute atomic E-state index is 12.5. The maximum atomic E-state index is 12.5. The van der Waals surface area contributed by atoms with Crippen molar-refractivity contribution in [1.29, 1.82) is 0 Å². The summed E-state index contributed by atoms with van der Waals surface area (Å²) >= 11 is 0. The smallest absolute Gasteiger partial charge is 0.241 e. The zero-order valence-electron chi connectivity index (χ0n) is 12.1. The van der Waals surface area contributed by atoms with Crippen LogP contribution in [0.15, 0.2) is 17.0 Å². The van der Waals surface area contributed by atoms with Crippen LogP contribution in [0, 0.1) is 13.8 Å². The van der Waals surface area contributed by atoms with Crippen molar-refractivity contribution in [2.45, 2.75) is 50.2 Å². The van der Waals surface area contributed by atoms with Crippen LogP contribution >= 0.6 is 0 Å². The normalized spacial score (nSPS) is 23.1. The van der Waals surface area contributed by atoms with E-state index in [1.54, 1.807) is 26.2 Å². The van der Waals surface area contributed by atoms with E-state index in [1.807, 2.05) is 6.92 Å². The Hall–Kier alpha value is -1.11. The van der Waals surface area contributed by atoms with Crippen LogP contribution in [-0.4, -0.2) is 27.7 Å². The van der Waals surface area contributed by atoms with E-state index in [4.69, 9.17) is 10.5 Å². The number of nitrogen functional groups attached to an aromatic ring is 1. The third-order valence-corrected chi connectivity index (χ3v) is 5.52. The fourth-order valence-corrected chi connectivity index (χ4v) is 4.32. The van der Waals surface area contributed by atoms with E-state index in [-0.39, 0.29) is 17.0 Å². The van der Waals surface area contributed by atoms with Gasteiger partial charge in [-0.3, -0.25) is 0 Å². The molecule has 1 aromatic carbocycles. The Labute approximate surface area is 120 Å². The third kappa shape index (κ3) is 3.13. The Kier molecular flexibility index (Phi) is 4.36. The lowest BCUT2D eigenvalue weighted by Crippen LogP contribution is -2.34. The molecule has 5 nitrogen and oxygen atoms in total. The molecule has 0 heterocycles. The van der Waals surface area contributed by atoms with Crippen molar-refractivity contribution in [3.05, 3.63) is 23.3 Å². The highest BCUT2D eigenvalue weighted by molar-refractivity contribution is 7.89. The molecule has 1 aliphatic rings. The molecule has 1 saturated carbocycles. The molecule has 0 bridgehead atoms. The largest absolute Gasteiger partial charge is 0.398 e. The van der Waals surface area contributed by atoms with Gasteiger partial charge in [0.05, 0.1) is 11.0 Å². The molecular formula is C14H22N2O3S. The average molecular weight is 298 g/mol. The molecule has 3 N–H and O–H groups in total. The number of rotatable bonds is 4. The second-order valence-electron chi connectivity index (χ2n) is 5.47. The SMILES string of the molecule is COC1CCC(NS(=O)(=O)c2cc(C)cc(N)c2C)C1. The number of sulfonamides is 1. The number of benzene rings is 1. The van der Waals surface area contributed by atoms with E-state index in [9.17, 15) is 8.42 Å². The number of aryl methyl sites for hydroxylation is 1. The highest BCUT2D eigenvalue weighted by Gasteiger charge is 2.29. The lowest BCUT2D eigenvalue weighted by atomic mass is 10.1. The van der Waals surface area contributed by atoms with E-state index in [1.165, 1.54) is 0 Å². The first-order valence-electron chi connectivity index (χ1n) is 6.75. The minimum absolute atomic E-state index is 0.0638. The zero-order valence-corrected chi connectivity index (χ0v) is 13.0. The molecule has 0 saturated heterocycles. The molecule has 6 heteroatoms. The summed E-state index contributed by atoms with van der Waals surface area (Å²) in [6.07, 6.45) is 2.55. The Morgan fingerprint density at radius 3 is 2.60 bits per heavy atom. The Morgan fingerprint density at radius 2 is 2.00 bits per heavy atom. The number of anilines is 1. The van der Waals surface area contributed by atoms with Gasteiger partial charge in [-0.25, -0.2) is 13.1 Å². The molecule has 112 valence electrons. The summed E-state index contributed by atoms with van der Waals surface area (Å²) in [5.41, 5.74) is 7.81.